The molecule has 2 aromatic carbocycles. The summed E-state index contributed by atoms with van der Waals surface area (Å²) < 4.78 is 5.37. The fourth-order valence-electron chi connectivity index (χ4n) is 2.37. The van der Waals surface area contributed by atoms with Gasteiger partial charge in [-0.15, -0.1) is 11.3 Å². The third-order valence-electron chi connectivity index (χ3n) is 3.59. The van der Waals surface area contributed by atoms with Crippen molar-refractivity contribution in [1.82, 2.24) is 4.98 Å². The van der Waals surface area contributed by atoms with Crippen molar-refractivity contribution in [3.63, 3.8) is 0 Å². The molecule has 2 N–H and O–H groups in total. The summed E-state index contributed by atoms with van der Waals surface area (Å²) >= 11 is 1.23. The van der Waals surface area contributed by atoms with Crippen LogP contribution in [0.25, 0.3) is 10.6 Å². The number of nitrogens with two attached hydrogens (primary N) is 1. The van der Waals surface area contributed by atoms with E-state index >= 15 is 0 Å². The smallest absolute Gasteiger partial charge is 0.351 e. The lowest BCUT2D eigenvalue weighted by Gasteiger charge is -2.14. The number of ether oxygens (including phenoxy) is 1. The van der Waals surface area contributed by atoms with E-state index in [1.165, 1.54) is 11.3 Å². The first-order valence-electron chi connectivity index (χ1n) is 7.64. The van der Waals surface area contributed by atoms with E-state index in [1.807, 2.05) is 36.4 Å². The molecule has 5 nitrogen and oxygen atoms in total. The number of esters is 1. The average Bonchev–Trinajstić information content (AvgIpc) is 3.02. The number of aryl methyl sites for hydroxylation is 1. The van der Waals surface area contributed by atoms with Gasteiger partial charge in [-0.2, -0.15) is 0 Å². The van der Waals surface area contributed by atoms with Crippen molar-refractivity contribution in [2.75, 3.05) is 0 Å². The van der Waals surface area contributed by atoms with E-state index in [1.54, 1.807) is 31.2 Å². The Bertz CT molecular complexity index is 892. The van der Waals surface area contributed by atoms with Crippen LogP contribution in [0.3, 0.4) is 0 Å². The number of thiazole rings is 1. The van der Waals surface area contributed by atoms with Crippen molar-refractivity contribution in [2.45, 2.75) is 13.0 Å². The highest BCUT2D eigenvalue weighted by atomic mass is 32.1. The molecule has 0 bridgehead atoms. The molecule has 0 spiro atoms. The fourth-order valence-corrected chi connectivity index (χ4v) is 3.32. The second-order valence-corrected chi connectivity index (χ2v) is 6.40. The summed E-state index contributed by atoms with van der Waals surface area (Å²) in [6.07, 6.45) is -1.13. The number of hydrogen-bond acceptors (Lipinski definition) is 5. The Balaban J connectivity index is 1.86. The molecule has 25 heavy (non-hydrogen) atoms. The van der Waals surface area contributed by atoms with Crippen molar-refractivity contribution >= 4 is 23.2 Å². The van der Waals surface area contributed by atoms with Gasteiger partial charge in [0.1, 0.15) is 9.88 Å². The molecule has 6 heteroatoms. The molecule has 1 amide bonds. The van der Waals surface area contributed by atoms with Gasteiger partial charge in [0.2, 0.25) is 6.10 Å². The van der Waals surface area contributed by atoms with Crippen LogP contribution in [-0.4, -0.2) is 16.9 Å². The highest BCUT2D eigenvalue weighted by Crippen LogP contribution is 2.29. The number of nitrogens with zero attached hydrogens (tertiary/aromatic N) is 1. The second-order valence-electron chi connectivity index (χ2n) is 5.40. The van der Waals surface area contributed by atoms with Crippen LogP contribution in [0.1, 0.15) is 27.0 Å². The summed E-state index contributed by atoms with van der Waals surface area (Å²) in [6, 6.07) is 18.3. The molecule has 1 atom stereocenters. The van der Waals surface area contributed by atoms with Crippen LogP contribution in [-0.2, 0) is 9.53 Å². The van der Waals surface area contributed by atoms with Gasteiger partial charge in [-0.3, -0.25) is 4.79 Å². The van der Waals surface area contributed by atoms with E-state index in [2.05, 4.69) is 4.98 Å². The molecular weight excluding hydrogens is 336 g/mol. The van der Waals surface area contributed by atoms with Crippen molar-refractivity contribution < 1.29 is 14.3 Å². The Morgan fingerprint density at radius 1 is 1.04 bits per heavy atom. The fraction of sp³-hybridized carbons (Fsp3) is 0.105. The van der Waals surface area contributed by atoms with Gasteiger partial charge in [0.15, 0.2) is 0 Å². The Hall–Kier alpha value is -2.99. The summed E-state index contributed by atoms with van der Waals surface area (Å²) in [7, 11) is 0. The molecular formula is C19H16N2O3S. The van der Waals surface area contributed by atoms with Gasteiger partial charge in [0, 0.05) is 11.1 Å². The number of hydrogen-bond donors (Lipinski definition) is 1. The highest BCUT2D eigenvalue weighted by molar-refractivity contribution is 7.17. The largest absolute Gasteiger partial charge is 0.443 e. The summed E-state index contributed by atoms with van der Waals surface area (Å²) in [6.45, 7) is 1.74. The normalized spacial score (nSPS) is 11.7. The highest BCUT2D eigenvalue weighted by Gasteiger charge is 2.26. The lowest BCUT2D eigenvalue weighted by molar-refractivity contribution is -0.127. The average molecular weight is 352 g/mol. The Labute approximate surface area is 149 Å². The summed E-state index contributed by atoms with van der Waals surface area (Å²) in [5, 5.41) is 0.723. The van der Waals surface area contributed by atoms with E-state index in [0.29, 0.717) is 16.1 Å². The van der Waals surface area contributed by atoms with Gasteiger partial charge in [0.25, 0.3) is 5.91 Å². The number of carbonyl (C=O) groups is 2. The zero-order chi connectivity index (χ0) is 17.8. The molecule has 1 heterocycles. The molecule has 0 aliphatic heterocycles. The van der Waals surface area contributed by atoms with E-state index in [-0.39, 0.29) is 0 Å². The molecule has 126 valence electrons. The second kappa shape index (κ2) is 7.27. The third-order valence-corrected chi connectivity index (χ3v) is 4.77. The van der Waals surface area contributed by atoms with Gasteiger partial charge >= 0.3 is 5.97 Å². The molecule has 3 aromatic rings. The Morgan fingerprint density at radius 2 is 1.64 bits per heavy atom. The minimum absolute atomic E-state index is 0.362. The molecule has 1 unspecified atom stereocenters. The summed E-state index contributed by atoms with van der Waals surface area (Å²) in [4.78, 5) is 29.0. The van der Waals surface area contributed by atoms with E-state index in [0.717, 1.165) is 10.6 Å². The Morgan fingerprint density at radius 3 is 2.24 bits per heavy atom. The van der Waals surface area contributed by atoms with Gasteiger partial charge in [-0.1, -0.05) is 60.7 Å². The number of carbonyl (C=O) groups excluding carboxylic acids is 2. The van der Waals surface area contributed by atoms with Gasteiger partial charge in [-0.25, -0.2) is 9.78 Å². The van der Waals surface area contributed by atoms with Crippen molar-refractivity contribution in [3.8, 4) is 10.6 Å². The molecule has 0 aliphatic carbocycles. The molecule has 0 aliphatic rings. The monoisotopic (exact) mass is 352 g/mol. The van der Waals surface area contributed by atoms with Gasteiger partial charge in [-0.05, 0) is 6.92 Å². The zero-order valence-electron chi connectivity index (χ0n) is 13.5. The van der Waals surface area contributed by atoms with Crippen LogP contribution in [0.2, 0.25) is 0 Å². The van der Waals surface area contributed by atoms with Crippen LogP contribution in [0, 0.1) is 6.92 Å². The lowest BCUT2D eigenvalue weighted by Crippen LogP contribution is -2.26. The molecule has 1 aromatic heterocycles. The van der Waals surface area contributed by atoms with Crippen LogP contribution in [0.4, 0.5) is 0 Å². The third kappa shape index (κ3) is 3.75. The van der Waals surface area contributed by atoms with Gasteiger partial charge < -0.3 is 10.5 Å². The summed E-state index contributed by atoms with van der Waals surface area (Å²) in [5.74, 6) is -1.32. The van der Waals surface area contributed by atoms with Crippen molar-refractivity contribution in [2.24, 2.45) is 5.73 Å². The summed E-state index contributed by atoms with van der Waals surface area (Å²) in [5.41, 5.74) is 7.42. The molecule has 0 fully saturated rings. The zero-order valence-corrected chi connectivity index (χ0v) is 14.3. The quantitative estimate of drug-likeness (QED) is 0.713. The first-order chi connectivity index (χ1) is 12.1. The number of primary amides is 1. The minimum atomic E-state index is -1.13. The van der Waals surface area contributed by atoms with Crippen LogP contribution in [0.5, 0.6) is 0 Å². The number of benzene rings is 2. The molecule has 3 rings (SSSR count). The lowest BCUT2D eigenvalue weighted by atomic mass is 10.1. The molecule has 0 saturated heterocycles. The maximum Gasteiger partial charge on any atom is 0.351 e. The minimum Gasteiger partial charge on any atom is -0.443 e. The standard InChI is InChI=1S/C19H16N2O3S/c1-12-16(25-18(21-12)14-10-6-3-7-11-14)19(23)24-15(17(20)22)13-8-4-2-5-9-13/h2-11,15H,1H3,(H2,20,22). The molecule has 0 saturated carbocycles. The number of rotatable bonds is 5. The number of amides is 1. The Kier molecular flexibility index (Phi) is 4.90. The van der Waals surface area contributed by atoms with Crippen LogP contribution in [0.15, 0.2) is 60.7 Å². The predicted molar refractivity (Wildman–Crippen MR) is 96.1 cm³/mol. The topological polar surface area (TPSA) is 82.3 Å². The maximum absolute atomic E-state index is 12.5. The first kappa shape index (κ1) is 16.9. The molecule has 0 radical (unpaired) electrons. The van der Waals surface area contributed by atoms with Crippen LogP contribution >= 0.6 is 11.3 Å². The maximum atomic E-state index is 12.5. The van der Waals surface area contributed by atoms with E-state index in [9.17, 15) is 9.59 Å². The number of aromatic nitrogens is 1. The van der Waals surface area contributed by atoms with Crippen molar-refractivity contribution in [3.05, 3.63) is 76.8 Å². The predicted octanol–water partition coefficient (Wildman–Crippen LogP) is 3.50. The van der Waals surface area contributed by atoms with Crippen molar-refractivity contribution in [1.29, 1.82) is 0 Å². The van der Waals surface area contributed by atoms with Crippen LogP contribution < -0.4 is 5.73 Å². The first-order valence-corrected chi connectivity index (χ1v) is 8.46. The van der Waals surface area contributed by atoms with E-state index < -0.39 is 18.0 Å². The SMILES string of the molecule is Cc1nc(-c2ccccc2)sc1C(=O)OC(C(N)=O)c1ccccc1. The van der Waals surface area contributed by atoms with E-state index in [4.69, 9.17) is 10.5 Å². The van der Waals surface area contributed by atoms with Gasteiger partial charge in [0.05, 0.1) is 5.69 Å².